The van der Waals surface area contributed by atoms with Crippen LogP contribution in [0.3, 0.4) is 0 Å². The number of methoxy groups -OCH3 is 1. The molecule has 2 aromatic rings. The molecular weight excluding hydrogens is 335 g/mol. The van der Waals surface area contributed by atoms with Crippen molar-refractivity contribution >= 4 is 34.9 Å². The maximum absolute atomic E-state index is 13.6. The number of hydrogen-bond donors (Lipinski definition) is 2. The summed E-state index contributed by atoms with van der Waals surface area (Å²) >= 11 is 5.66. The van der Waals surface area contributed by atoms with E-state index < -0.39 is 17.7 Å². The number of halogens is 2. The van der Waals surface area contributed by atoms with Gasteiger partial charge >= 0.3 is 5.97 Å². The van der Waals surface area contributed by atoms with Crippen molar-refractivity contribution in [1.82, 2.24) is 0 Å². The van der Waals surface area contributed by atoms with Gasteiger partial charge in [-0.15, -0.1) is 0 Å². The molecular formula is C17H16ClFN2O3. The molecule has 0 aromatic heterocycles. The fraction of sp³-hybridized carbons (Fsp3) is 0.176. The molecule has 0 saturated heterocycles. The zero-order chi connectivity index (χ0) is 17.7. The van der Waals surface area contributed by atoms with E-state index in [0.717, 1.165) is 11.6 Å². The van der Waals surface area contributed by atoms with Gasteiger partial charge < -0.3 is 15.4 Å². The highest BCUT2D eigenvalue weighted by molar-refractivity contribution is 6.30. The number of amides is 1. The van der Waals surface area contributed by atoms with Crippen molar-refractivity contribution in [1.29, 1.82) is 0 Å². The molecule has 0 aliphatic carbocycles. The minimum atomic E-state index is -0.611. The lowest BCUT2D eigenvalue weighted by Gasteiger charge is -2.12. The Hall–Kier alpha value is -2.60. The van der Waals surface area contributed by atoms with Gasteiger partial charge in [0.15, 0.2) is 0 Å². The third-order valence-electron chi connectivity index (χ3n) is 3.30. The largest absolute Gasteiger partial charge is 0.465 e. The molecule has 5 nitrogen and oxygen atoms in total. The van der Waals surface area contributed by atoms with Gasteiger partial charge in [0.1, 0.15) is 5.82 Å². The number of carbonyl (C=O) groups is 2. The SMILES string of the molecule is COC(=O)c1ccc(C)c(NCC(=O)Nc2ccc(Cl)cc2F)c1. The van der Waals surface area contributed by atoms with Crippen molar-refractivity contribution in [3.05, 3.63) is 58.4 Å². The number of rotatable bonds is 5. The van der Waals surface area contributed by atoms with Crippen LogP contribution in [0.25, 0.3) is 0 Å². The van der Waals surface area contributed by atoms with Gasteiger partial charge in [-0.1, -0.05) is 17.7 Å². The first kappa shape index (κ1) is 17.7. The van der Waals surface area contributed by atoms with Crippen LogP contribution in [0.4, 0.5) is 15.8 Å². The molecule has 0 aliphatic heterocycles. The van der Waals surface area contributed by atoms with Crippen LogP contribution < -0.4 is 10.6 Å². The first-order chi connectivity index (χ1) is 11.4. The Morgan fingerprint density at radius 1 is 1.17 bits per heavy atom. The number of hydrogen-bond acceptors (Lipinski definition) is 4. The van der Waals surface area contributed by atoms with Gasteiger partial charge in [0.2, 0.25) is 5.91 Å². The lowest BCUT2D eigenvalue weighted by atomic mass is 10.1. The van der Waals surface area contributed by atoms with E-state index in [1.807, 2.05) is 6.92 Å². The average molecular weight is 351 g/mol. The van der Waals surface area contributed by atoms with Crippen LogP contribution >= 0.6 is 11.6 Å². The zero-order valence-electron chi connectivity index (χ0n) is 13.2. The van der Waals surface area contributed by atoms with Crippen LogP contribution in [-0.4, -0.2) is 25.5 Å². The van der Waals surface area contributed by atoms with Gasteiger partial charge in [-0.2, -0.15) is 0 Å². The van der Waals surface area contributed by atoms with E-state index in [1.165, 1.54) is 19.2 Å². The lowest BCUT2D eigenvalue weighted by molar-refractivity contribution is -0.114. The molecule has 2 aromatic carbocycles. The van der Waals surface area contributed by atoms with E-state index in [9.17, 15) is 14.0 Å². The number of carbonyl (C=O) groups excluding carboxylic acids is 2. The minimum absolute atomic E-state index is 0.0474. The second-order valence-electron chi connectivity index (χ2n) is 5.05. The molecule has 2 rings (SSSR count). The van der Waals surface area contributed by atoms with Crippen molar-refractivity contribution in [2.75, 3.05) is 24.3 Å². The maximum Gasteiger partial charge on any atom is 0.337 e. The molecule has 0 atom stereocenters. The van der Waals surface area contributed by atoms with Crippen LogP contribution in [0, 0.1) is 12.7 Å². The monoisotopic (exact) mass is 350 g/mol. The van der Waals surface area contributed by atoms with E-state index in [4.69, 9.17) is 11.6 Å². The quantitative estimate of drug-likeness (QED) is 0.808. The summed E-state index contributed by atoms with van der Waals surface area (Å²) in [6.45, 7) is 1.74. The Labute approximate surface area is 143 Å². The standard InChI is InChI=1S/C17H16ClFN2O3/c1-10-3-4-11(17(23)24-2)7-15(10)20-9-16(22)21-14-6-5-12(18)8-13(14)19/h3-8,20H,9H2,1-2H3,(H,21,22). The summed E-state index contributed by atoms with van der Waals surface area (Å²) in [6, 6.07) is 8.96. The molecule has 0 saturated carbocycles. The molecule has 0 heterocycles. The zero-order valence-corrected chi connectivity index (χ0v) is 13.9. The fourth-order valence-corrected chi connectivity index (χ4v) is 2.18. The van der Waals surface area contributed by atoms with Gasteiger partial charge in [0.05, 0.1) is 24.9 Å². The van der Waals surface area contributed by atoms with E-state index in [0.29, 0.717) is 11.3 Å². The predicted octanol–water partition coefficient (Wildman–Crippen LogP) is 3.62. The summed E-state index contributed by atoms with van der Waals surface area (Å²) in [6.07, 6.45) is 0. The number of nitrogens with one attached hydrogen (secondary N) is 2. The Morgan fingerprint density at radius 3 is 2.58 bits per heavy atom. The van der Waals surface area contributed by atoms with Crippen molar-refractivity contribution in [2.45, 2.75) is 6.92 Å². The summed E-state index contributed by atoms with van der Waals surface area (Å²) in [4.78, 5) is 23.5. The topological polar surface area (TPSA) is 67.4 Å². The average Bonchev–Trinajstić information content (AvgIpc) is 2.56. The Bertz CT molecular complexity index is 780. The molecule has 0 bridgehead atoms. The van der Waals surface area contributed by atoms with Gasteiger partial charge in [0.25, 0.3) is 0 Å². The third kappa shape index (κ3) is 4.45. The first-order valence-electron chi connectivity index (χ1n) is 7.08. The first-order valence-corrected chi connectivity index (χ1v) is 7.46. The van der Waals surface area contributed by atoms with Crippen LogP contribution in [0.1, 0.15) is 15.9 Å². The highest BCUT2D eigenvalue weighted by Crippen LogP contribution is 2.20. The summed E-state index contributed by atoms with van der Waals surface area (Å²) in [5, 5.41) is 5.61. The van der Waals surface area contributed by atoms with E-state index in [1.54, 1.807) is 18.2 Å². The normalized spacial score (nSPS) is 10.2. The number of benzene rings is 2. The number of anilines is 2. The van der Waals surface area contributed by atoms with Crippen LogP contribution in [-0.2, 0) is 9.53 Å². The molecule has 0 radical (unpaired) electrons. The third-order valence-corrected chi connectivity index (χ3v) is 3.54. The molecule has 7 heteroatoms. The number of ether oxygens (including phenoxy) is 1. The van der Waals surface area contributed by atoms with Gasteiger partial charge in [-0.3, -0.25) is 4.79 Å². The summed E-state index contributed by atoms with van der Waals surface area (Å²) < 4.78 is 18.3. The van der Waals surface area contributed by atoms with Crippen molar-refractivity contribution in [3.63, 3.8) is 0 Å². The van der Waals surface area contributed by atoms with E-state index >= 15 is 0 Å². The van der Waals surface area contributed by atoms with E-state index in [2.05, 4.69) is 15.4 Å². The highest BCUT2D eigenvalue weighted by atomic mass is 35.5. The Kier molecular flexibility index (Phi) is 5.76. The lowest BCUT2D eigenvalue weighted by Crippen LogP contribution is -2.22. The van der Waals surface area contributed by atoms with Gasteiger partial charge in [-0.05, 0) is 42.8 Å². The van der Waals surface area contributed by atoms with Crippen molar-refractivity contribution < 1.29 is 18.7 Å². The minimum Gasteiger partial charge on any atom is -0.465 e. The van der Waals surface area contributed by atoms with E-state index in [-0.39, 0.29) is 17.3 Å². The molecule has 0 fully saturated rings. The van der Waals surface area contributed by atoms with Crippen molar-refractivity contribution in [2.24, 2.45) is 0 Å². The molecule has 0 aliphatic rings. The van der Waals surface area contributed by atoms with Crippen molar-refractivity contribution in [3.8, 4) is 0 Å². The Balaban J connectivity index is 2.02. The smallest absolute Gasteiger partial charge is 0.337 e. The molecule has 0 spiro atoms. The fourth-order valence-electron chi connectivity index (χ4n) is 2.02. The van der Waals surface area contributed by atoms with Crippen LogP contribution in [0.15, 0.2) is 36.4 Å². The number of aryl methyl sites for hydroxylation is 1. The molecule has 24 heavy (non-hydrogen) atoms. The predicted molar refractivity (Wildman–Crippen MR) is 91.0 cm³/mol. The molecule has 126 valence electrons. The molecule has 0 unspecified atom stereocenters. The second-order valence-corrected chi connectivity index (χ2v) is 5.48. The molecule has 2 N–H and O–H groups in total. The number of esters is 1. The van der Waals surface area contributed by atoms with Gasteiger partial charge in [-0.25, -0.2) is 9.18 Å². The second kappa shape index (κ2) is 7.79. The summed E-state index contributed by atoms with van der Waals surface area (Å²) in [7, 11) is 1.30. The summed E-state index contributed by atoms with van der Waals surface area (Å²) in [5.74, 6) is -1.51. The maximum atomic E-state index is 13.6. The van der Waals surface area contributed by atoms with Crippen LogP contribution in [0.5, 0.6) is 0 Å². The molecule has 1 amide bonds. The highest BCUT2D eigenvalue weighted by Gasteiger charge is 2.10. The van der Waals surface area contributed by atoms with Gasteiger partial charge in [0, 0.05) is 10.7 Å². The van der Waals surface area contributed by atoms with Crippen LogP contribution in [0.2, 0.25) is 5.02 Å². The summed E-state index contributed by atoms with van der Waals surface area (Å²) in [5.41, 5.74) is 1.89. The Morgan fingerprint density at radius 2 is 1.92 bits per heavy atom.